The van der Waals surface area contributed by atoms with Crippen LogP contribution in [0, 0.1) is 0 Å². The maximum atomic E-state index is 13.0. The van der Waals surface area contributed by atoms with Crippen molar-refractivity contribution in [1.82, 2.24) is 4.98 Å². The van der Waals surface area contributed by atoms with E-state index in [1.54, 1.807) is 12.1 Å². The van der Waals surface area contributed by atoms with Gasteiger partial charge >= 0.3 is 6.18 Å². The summed E-state index contributed by atoms with van der Waals surface area (Å²) >= 11 is 0. The zero-order chi connectivity index (χ0) is 13.3. The van der Waals surface area contributed by atoms with Crippen LogP contribution in [0.4, 0.5) is 13.2 Å². The van der Waals surface area contributed by atoms with Gasteiger partial charge in [-0.05, 0) is 30.5 Å². The Labute approximate surface area is 103 Å². The Hall–Kier alpha value is -1.49. The number of halogens is 3. The molecule has 0 atom stereocenters. The van der Waals surface area contributed by atoms with E-state index in [0.29, 0.717) is 17.3 Å². The lowest BCUT2D eigenvalue weighted by Gasteiger charge is -2.07. The van der Waals surface area contributed by atoms with Crippen molar-refractivity contribution in [2.75, 3.05) is 6.54 Å². The van der Waals surface area contributed by atoms with Gasteiger partial charge in [-0.2, -0.15) is 13.2 Å². The summed E-state index contributed by atoms with van der Waals surface area (Å²) in [4.78, 5) is 2.53. The molecule has 0 unspecified atom stereocenters. The predicted molar refractivity (Wildman–Crippen MR) is 65.4 cm³/mol. The van der Waals surface area contributed by atoms with Gasteiger partial charge in [-0.1, -0.05) is 25.1 Å². The number of rotatable bonds is 3. The van der Waals surface area contributed by atoms with Crippen molar-refractivity contribution >= 4 is 10.9 Å². The maximum Gasteiger partial charge on any atom is 0.431 e. The molecule has 1 aromatic carbocycles. The summed E-state index contributed by atoms with van der Waals surface area (Å²) < 4.78 is 38.9. The van der Waals surface area contributed by atoms with Gasteiger partial charge in [0.25, 0.3) is 0 Å². The molecule has 2 nitrogen and oxygen atoms in total. The summed E-state index contributed by atoms with van der Waals surface area (Å²) in [6, 6.07) is 5.34. The number of para-hydroxylation sites is 1. The highest BCUT2D eigenvalue weighted by atomic mass is 19.4. The van der Waals surface area contributed by atoms with Gasteiger partial charge in [0.2, 0.25) is 0 Å². The van der Waals surface area contributed by atoms with Crippen molar-refractivity contribution in [1.29, 1.82) is 0 Å². The van der Waals surface area contributed by atoms with E-state index in [1.807, 2.05) is 13.0 Å². The van der Waals surface area contributed by atoms with Crippen molar-refractivity contribution in [3.8, 4) is 0 Å². The standard InChI is InChI=1S/C13H15F3N2/c1-2-8-4-3-5-9-10(6-7-17)12(13(14,15)16)18-11(8)9/h3-5,18H,2,6-7,17H2,1H3. The Balaban J connectivity index is 2.74. The first kappa shape index (κ1) is 13.0. The first-order valence-corrected chi connectivity index (χ1v) is 5.88. The van der Waals surface area contributed by atoms with Gasteiger partial charge in [0, 0.05) is 10.9 Å². The van der Waals surface area contributed by atoms with E-state index in [9.17, 15) is 13.2 Å². The summed E-state index contributed by atoms with van der Waals surface area (Å²) in [5.74, 6) is 0. The molecule has 0 saturated carbocycles. The SMILES string of the molecule is CCc1cccc2c(CCN)c(C(F)(F)F)[nH]c12. The van der Waals surface area contributed by atoms with Gasteiger partial charge in [-0.25, -0.2) is 0 Å². The van der Waals surface area contributed by atoms with Crippen LogP contribution in [0.15, 0.2) is 18.2 Å². The lowest BCUT2D eigenvalue weighted by atomic mass is 10.0. The molecule has 0 aliphatic heterocycles. The van der Waals surface area contributed by atoms with Crippen molar-refractivity contribution in [3.63, 3.8) is 0 Å². The second-order valence-corrected chi connectivity index (χ2v) is 4.21. The summed E-state index contributed by atoms with van der Waals surface area (Å²) in [6.45, 7) is 2.12. The van der Waals surface area contributed by atoms with Gasteiger partial charge in [0.1, 0.15) is 5.69 Å². The Bertz CT molecular complexity index is 555. The number of nitrogens with one attached hydrogen (secondary N) is 1. The molecule has 0 spiro atoms. The van der Waals surface area contributed by atoms with Crippen molar-refractivity contribution in [2.45, 2.75) is 25.9 Å². The summed E-state index contributed by atoms with van der Waals surface area (Å²) in [7, 11) is 0. The highest BCUT2D eigenvalue weighted by Gasteiger charge is 2.36. The first-order chi connectivity index (χ1) is 8.49. The molecular weight excluding hydrogens is 241 g/mol. The fraction of sp³-hybridized carbons (Fsp3) is 0.385. The lowest BCUT2D eigenvalue weighted by molar-refractivity contribution is -0.141. The molecule has 0 fully saturated rings. The number of aromatic nitrogens is 1. The molecule has 2 rings (SSSR count). The average molecular weight is 256 g/mol. The fourth-order valence-electron chi connectivity index (χ4n) is 2.27. The van der Waals surface area contributed by atoms with Crippen LogP contribution in [0.25, 0.3) is 10.9 Å². The van der Waals surface area contributed by atoms with Gasteiger partial charge in [0.15, 0.2) is 0 Å². The van der Waals surface area contributed by atoms with Crippen molar-refractivity contribution < 1.29 is 13.2 Å². The van der Waals surface area contributed by atoms with Gasteiger partial charge in [-0.15, -0.1) is 0 Å². The topological polar surface area (TPSA) is 41.8 Å². The molecule has 0 aliphatic carbocycles. The van der Waals surface area contributed by atoms with Gasteiger partial charge in [0.05, 0.1) is 0 Å². The zero-order valence-corrected chi connectivity index (χ0v) is 10.1. The number of aryl methyl sites for hydroxylation is 1. The zero-order valence-electron chi connectivity index (χ0n) is 10.1. The molecular formula is C13H15F3N2. The van der Waals surface area contributed by atoms with Crippen molar-refractivity contribution in [3.05, 3.63) is 35.0 Å². The number of H-pyrrole nitrogens is 1. The molecule has 1 aromatic heterocycles. The minimum atomic E-state index is -4.37. The van der Waals surface area contributed by atoms with Gasteiger partial charge < -0.3 is 10.7 Å². The molecule has 98 valence electrons. The molecule has 2 aromatic rings. The number of hydrogen-bond donors (Lipinski definition) is 2. The summed E-state index contributed by atoms with van der Waals surface area (Å²) in [6.07, 6.45) is -3.45. The molecule has 1 heterocycles. The molecule has 0 aliphatic rings. The quantitative estimate of drug-likeness (QED) is 0.869. The lowest BCUT2D eigenvalue weighted by Crippen LogP contribution is -2.11. The molecule has 0 saturated heterocycles. The monoisotopic (exact) mass is 256 g/mol. The summed E-state index contributed by atoms with van der Waals surface area (Å²) in [5, 5.41) is 0.632. The minimum absolute atomic E-state index is 0.201. The van der Waals surface area contributed by atoms with Crippen LogP contribution < -0.4 is 5.73 Å². The van der Waals surface area contributed by atoms with E-state index in [2.05, 4.69) is 4.98 Å². The number of fused-ring (bicyclic) bond motifs is 1. The first-order valence-electron chi connectivity index (χ1n) is 5.88. The van der Waals surface area contributed by atoms with E-state index < -0.39 is 11.9 Å². The van der Waals surface area contributed by atoms with E-state index in [-0.39, 0.29) is 18.5 Å². The number of aromatic amines is 1. The molecule has 0 amide bonds. The van der Waals surface area contributed by atoms with E-state index in [4.69, 9.17) is 5.73 Å². The molecule has 5 heteroatoms. The van der Waals surface area contributed by atoms with Crippen LogP contribution in [-0.2, 0) is 19.0 Å². The average Bonchev–Trinajstić information content (AvgIpc) is 2.68. The predicted octanol–water partition coefficient (Wildman–Crippen LogP) is 3.25. The smallest absolute Gasteiger partial charge is 0.351 e. The van der Waals surface area contributed by atoms with Crippen LogP contribution in [0.5, 0.6) is 0 Å². The van der Waals surface area contributed by atoms with E-state index in [0.717, 1.165) is 5.56 Å². The molecule has 3 N–H and O–H groups in total. The largest absolute Gasteiger partial charge is 0.431 e. The molecule has 0 radical (unpaired) electrons. The highest BCUT2D eigenvalue weighted by Crippen LogP contribution is 2.36. The molecule has 18 heavy (non-hydrogen) atoms. The third-order valence-electron chi connectivity index (χ3n) is 3.09. The Morgan fingerprint density at radius 2 is 2.00 bits per heavy atom. The Kier molecular flexibility index (Phi) is 3.34. The summed E-state index contributed by atoms with van der Waals surface area (Å²) in [5.41, 5.74) is 6.49. The number of benzene rings is 1. The minimum Gasteiger partial charge on any atom is -0.351 e. The van der Waals surface area contributed by atoms with Crippen LogP contribution in [0.3, 0.4) is 0 Å². The van der Waals surface area contributed by atoms with Crippen molar-refractivity contribution in [2.24, 2.45) is 5.73 Å². The Morgan fingerprint density at radius 1 is 1.28 bits per heavy atom. The highest BCUT2D eigenvalue weighted by molar-refractivity contribution is 5.87. The van der Waals surface area contributed by atoms with Crippen LogP contribution in [0.2, 0.25) is 0 Å². The second-order valence-electron chi connectivity index (χ2n) is 4.21. The van der Waals surface area contributed by atoms with Crippen LogP contribution in [-0.4, -0.2) is 11.5 Å². The number of alkyl halides is 3. The number of hydrogen-bond acceptors (Lipinski definition) is 1. The third kappa shape index (κ3) is 2.10. The Morgan fingerprint density at radius 3 is 2.56 bits per heavy atom. The second kappa shape index (κ2) is 4.65. The third-order valence-corrected chi connectivity index (χ3v) is 3.09. The van der Waals surface area contributed by atoms with Gasteiger partial charge in [-0.3, -0.25) is 0 Å². The van der Waals surface area contributed by atoms with Crippen LogP contribution in [0.1, 0.15) is 23.7 Å². The molecule has 0 bridgehead atoms. The normalized spacial score (nSPS) is 12.3. The van der Waals surface area contributed by atoms with E-state index in [1.165, 1.54) is 0 Å². The van der Waals surface area contributed by atoms with E-state index >= 15 is 0 Å². The fourth-order valence-corrected chi connectivity index (χ4v) is 2.27. The van der Waals surface area contributed by atoms with Crippen LogP contribution >= 0.6 is 0 Å². The maximum absolute atomic E-state index is 13.0. The number of nitrogens with two attached hydrogens (primary N) is 1.